The summed E-state index contributed by atoms with van der Waals surface area (Å²) in [4.78, 5) is 5.04. The normalized spacial score (nSPS) is 19.3. The highest BCUT2D eigenvalue weighted by Crippen LogP contribution is 2.48. The van der Waals surface area contributed by atoms with E-state index in [9.17, 15) is 0 Å². The predicted molar refractivity (Wildman–Crippen MR) is 173 cm³/mol. The van der Waals surface area contributed by atoms with Crippen LogP contribution >= 0.6 is 0 Å². The molecule has 0 nitrogen and oxygen atoms in total. The molecule has 1 heterocycles. The third-order valence-electron chi connectivity index (χ3n) is 7.15. The van der Waals surface area contributed by atoms with E-state index in [-0.39, 0.29) is 16.2 Å². The minimum atomic E-state index is -1.91. The number of allylic oxidation sites excluding steroid dienone is 3. The summed E-state index contributed by atoms with van der Waals surface area (Å²) in [6.45, 7) is 43.7. The van der Waals surface area contributed by atoms with Gasteiger partial charge < -0.3 is 0 Å². The Hall–Kier alpha value is -0.789. The van der Waals surface area contributed by atoms with Crippen LogP contribution in [0, 0.1) is 16.2 Å². The largest absolute Gasteiger partial charge is 0.131 e. The lowest BCUT2D eigenvalue weighted by Gasteiger charge is -2.51. The van der Waals surface area contributed by atoms with E-state index in [4.69, 9.17) is 0 Å². The summed E-state index contributed by atoms with van der Waals surface area (Å²) in [5.41, 5.74) is 17.5. The smallest absolute Gasteiger partial charge is 0.113 e. The lowest BCUT2D eigenvalue weighted by molar-refractivity contribution is 0.409. The first-order valence-corrected chi connectivity index (χ1v) is 23.1. The van der Waals surface area contributed by atoms with Gasteiger partial charge in [-0.1, -0.05) is 102 Å². The zero-order valence-electron chi connectivity index (χ0n) is 27.6. The summed E-state index contributed by atoms with van der Waals surface area (Å²) < 4.78 is 0. The fourth-order valence-electron chi connectivity index (χ4n) is 6.82. The van der Waals surface area contributed by atoms with Crippen LogP contribution in [0.5, 0.6) is 0 Å². The van der Waals surface area contributed by atoms with E-state index in [0.29, 0.717) is 0 Å². The molecule has 1 fully saturated rings. The summed E-state index contributed by atoms with van der Waals surface area (Å²) in [7, 11) is -5.74. The van der Waals surface area contributed by atoms with Crippen molar-refractivity contribution < 1.29 is 0 Å². The predicted octanol–water partition coefficient (Wildman–Crippen LogP) is 11.1. The van der Waals surface area contributed by atoms with Crippen molar-refractivity contribution in [3.63, 3.8) is 0 Å². The fraction of sp³-hybridized carbons (Fsp3) is 0.727. The third kappa shape index (κ3) is 8.90. The molecule has 0 N–H and O–H groups in total. The first-order valence-electron chi connectivity index (χ1n) is 14.1. The molecule has 0 aromatic rings. The Morgan fingerprint density at radius 2 is 0.611 bits per heavy atom. The highest BCUT2D eigenvalue weighted by atomic mass is 28.5. The lowest BCUT2D eigenvalue weighted by atomic mass is 9.89. The van der Waals surface area contributed by atoms with E-state index in [2.05, 4.69) is 140 Å². The zero-order valence-corrected chi connectivity index (χ0v) is 30.6. The van der Waals surface area contributed by atoms with Crippen LogP contribution in [-0.2, 0) is 0 Å². The summed E-state index contributed by atoms with van der Waals surface area (Å²) in [6, 6.07) is 0. The Morgan fingerprint density at radius 3 is 0.750 bits per heavy atom. The molecule has 1 rings (SSSR count). The molecule has 204 valence electrons. The maximum Gasteiger partial charge on any atom is 0.113 e. The molecular formula is C33H60Si3. The quantitative estimate of drug-likeness (QED) is 0.246. The van der Waals surface area contributed by atoms with E-state index >= 15 is 0 Å². The number of hydrogen-bond donors (Lipinski definition) is 0. The molecule has 0 saturated carbocycles. The first-order chi connectivity index (χ1) is 15.7. The van der Waals surface area contributed by atoms with Gasteiger partial charge in [-0.3, -0.25) is 0 Å². The summed E-state index contributed by atoms with van der Waals surface area (Å²) in [5, 5.41) is 0. The van der Waals surface area contributed by atoms with E-state index < -0.39 is 24.2 Å². The van der Waals surface area contributed by atoms with Gasteiger partial charge in [0.25, 0.3) is 0 Å². The van der Waals surface area contributed by atoms with Crippen molar-refractivity contribution in [1.82, 2.24) is 0 Å². The Balaban J connectivity index is 4.28. The Morgan fingerprint density at radius 1 is 0.444 bits per heavy atom. The van der Waals surface area contributed by atoms with Crippen LogP contribution in [0.4, 0.5) is 0 Å². The fourth-order valence-corrected chi connectivity index (χ4v) is 32.8. The lowest BCUT2D eigenvalue weighted by Crippen LogP contribution is -2.63. The average molecular weight is 541 g/mol. The second-order valence-corrected chi connectivity index (χ2v) is 31.2. The van der Waals surface area contributed by atoms with E-state index in [1.165, 1.54) is 16.7 Å². The molecule has 0 aromatic carbocycles. The van der Waals surface area contributed by atoms with Gasteiger partial charge in [-0.25, -0.2) is 0 Å². The maximum atomic E-state index is 4.14. The number of hydrogen-bond acceptors (Lipinski definition) is 0. The second-order valence-electron chi connectivity index (χ2n) is 16.9. The van der Waals surface area contributed by atoms with Crippen LogP contribution in [-0.4, -0.2) is 24.2 Å². The topological polar surface area (TPSA) is 0 Å². The van der Waals surface area contributed by atoms with Gasteiger partial charge in [0.15, 0.2) is 0 Å². The van der Waals surface area contributed by atoms with Crippen molar-refractivity contribution in [1.29, 1.82) is 0 Å². The summed E-state index contributed by atoms with van der Waals surface area (Å²) in [5.74, 6) is 0. The average Bonchev–Trinajstić information content (AvgIpc) is 2.56. The van der Waals surface area contributed by atoms with Gasteiger partial charge >= 0.3 is 0 Å². The molecule has 1 saturated heterocycles. The van der Waals surface area contributed by atoms with E-state index in [0.717, 1.165) is 19.3 Å². The monoisotopic (exact) mass is 540 g/mol. The zero-order chi connectivity index (χ0) is 28.7. The number of rotatable bonds is 3. The van der Waals surface area contributed by atoms with E-state index in [1.807, 2.05) is 0 Å². The Kier molecular flexibility index (Phi) is 9.94. The Bertz CT molecular complexity index is 886. The molecule has 1 aliphatic rings. The molecule has 3 heteroatoms. The van der Waals surface area contributed by atoms with Crippen molar-refractivity contribution in [2.45, 2.75) is 142 Å². The highest BCUT2D eigenvalue weighted by Gasteiger charge is 2.56. The standard InChI is InChI=1S/C33H60Si3/c1-25(22-31(4,5)6)19-28-34(13,14)29(20-26(2)23-32(7,8)9)36(17,18)30(35(28,15)16)21-27(3)24-33(10,11)12/h22-24H2,1-18H3. The summed E-state index contributed by atoms with van der Waals surface area (Å²) >= 11 is 0. The van der Waals surface area contributed by atoms with Crippen LogP contribution in [0.1, 0.15) is 102 Å². The molecule has 0 aliphatic carbocycles. The van der Waals surface area contributed by atoms with Crippen molar-refractivity contribution in [2.75, 3.05) is 0 Å². The van der Waals surface area contributed by atoms with Crippen LogP contribution in [0.25, 0.3) is 0 Å². The van der Waals surface area contributed by atoms with Gasteiger partial charge in [0, 0.05) is 0 Å². The van der Waals surface area contributed by atoms with Crippen LogP contribution < -0.4 is 0 Å². The molecule has 0 aromatic heterocycles. The molecule has 0 bridgehead atoms. The Labute approximate surface area is 229 Å². The third-order valence-corrected chi connectivity index (χ3v) is 26.7. The highest BCUT2D eigenvalue weighted by molar-refractivity contribution is 7.30. The van der Waals surface area contributed by atoms with Crippen molar-refractivity contribution >= 4 is 24.2 Å². The van der Waals surface area contributed by atoms with Crippen LogP contribution in [0.2, 0.25) is 39.3 Å². The van der Waals surface area contributed by atoms with Crippen LogP contribution in [0.3, 0.4) is 0 Å². The molecule has 0 atom stereocenters. The maximum absolute atomic E-state index is 4.14. The molecule has 0 radical (unpaired) electrons. The van der Waals surface area contributed by atoms with Gasteiger partial charge in [0.2, 0.25) is 0 Å². The van der Waals surface area contributed by atoms with Crippen LogP contribution in [0.15, 0.2) is 48.4 Å². The van der Waals surface area contributed by atoms with Crippen molar-refractivity contribution in [3.8, 4) is 0 Å². The molecule has 0 amide bonds. The van der Waals surface area contributed by atoms with Gasteiger partial charge in [0.1, 0.15) is 24.2 Å². The van der Waals surface area contributed by atoms with E-state index in [1.54, 1.807) is 14.5 Å². The van der Waals surface area contributed by atoms with Gasteiger partial charge in [0.05, 0.1) is 0 Å². The van der Waals surface area contributed by atoms with Crippen molar-refractivity contribution in [3.05, 3.63) is 48.4 Å². The van der Waals surface area contributed by atoms with Gasteiger partial charge in [-0.05, 0) is 87.5 Å². The molecular weight excluding hydrogens is 481 g/mol. The molecule has 1 aliphatic heterocycles. The summed E-state index contributed by atoms with van der Waals surface area (Å²) in [6.07, 6.45) is 3.30. The first kappa shape index (κ1) is 33.2. The van der Waals surface area contributed by atoms with Crippen molar-refractivity contribution in [2.24, 2.45) is 16.2 Å². The minimum Gasteiger partial charge on any atom is -0.131 e. The molecule has 0 unspecified atom stereocenters. The molecule has 36 heavy (non-hydrogen) atoms. The second kappa shape index (κ2) is 10.8. The molecule has 0 spiro atoms. The SMILES string of the molecule is CC(=C=C1[Si](C)(C)C(=C=C(C)CC(C)(C)C)[Si](C)(C)C(=C=C(C)CC(C)(C)C)[Si]1(C)C)CC(C)(C)C. The minimum absolute atomic E-state index is 0.279. The van der Waals surface area contributed by atoms with Gasteiger partial charge in [-0.15, -0.1) is 17.2 Å². The van der Waals surface area contributed by atoms with Gasteiger partial charge in [-0.2, -0.15) is 0 Å².